The first-order valence-electron chi connectivity index (χ1n) is 4.49. The van der Waals surface area contributed by atoms with Crippen molar-refractivity contribution in [3.05, 3.63) is 0 Å². The number of hydrogen-bond donors (Lipinski definition) is 0. The van der Waals surface area contributed by atoms with Crippen LogP contribution in [0.3, 0.4) is 0 Å². The van der Waals surface area contributed by atoms with Crippen molar-refractivity contribution in [2.75, 3.05) is 0 Å². The van der Waals surface area contributed by atoms with Crippen LogP contribution in [0.15, 0.2) is 0 Å². The highest BCUT2D eigenvalue weighted by Gasteiger charge is 2.29. The molecule has 2 bridgehead atoms. The maximum Gasteiger partial charge on any atom is 0.0943 e. The fraction of sp³-hybridized carbons (Fsp3) is 1.00. The summed E-state index contributed by atoms with van der Waals surface area (Å²) in [6.45, 7) is 0. The highest BCUT2D eigenvalue weighted by atomic mass is 35.5. The Labute approximate surface area is 82.1 Å². The van der Waals surface area contributed by atoms with Crippen LogP contribution in [0.25, 0.3) is 0 Å². The quantitative estimate of drug-likeness (QED) is 0.347. The van der Waals surface area contributed by atoms with Crippen LogP contribution in [0.1, 0.15) is 32.1 Å². The third-order valence-corrected chi connectivity index (χ3v) is 4.16. The molecule has 2 aliphatic heterocycles. The van der Waals surface area contributed by atoms with Crippen molar-refractivity contribution in [1.29, 1.82) is 0 Å². The van der Waals surface area contributed by atoms with E-state index in [1.807, 2.05) is 0 Å². The van der Waals surface area contributed by atoms with E-state index < -0.39 is 0 Å². The molecule has 0 N–H and O–H groups in total. The summed E-state index contributed by atoms with van der Waals surface area (Å²) in [5, 5.41) is 0.689. The molecule has 0 aromatic carbocycles. The van der Waals surface area contributed by atoms with Crippen LogP contribution >= 0.6 is 23.6 Å². The molecule has 2 saturated heterocycles. The topological polar surface area (TPSA) is 18.5 Å². The van der Waals surface area contributed by atoms with Gasteiger partial charge in [-0.3, -0.25) is 0 Å². The predicted octanol–water partition coefficient (Wildman–Crippen LogP) is 2.91. The van der Waals surface area contributed by atoms with E-state index in [0.29, 0.717) is 5.25 Å². The van der Waals surface area contributed by atoms with Gasteiger partial charge in [-0.1, -0.05) is 0 Å². The van der Waals surface area contributed by atoms with Crippen molar-refractivity contribution < 1.29 is 9.22 Å². The lowest BCUT2D eigenvalue weighted by atomic mass is 9.98. The predicted molar refractivity (Wildman–Crippen MR) is 50.1 cm³/mol. The fourth-order valence-corrected chi connectivity index (χ4v) is 2.89. The second-order valence-electron chi connectivity index (χ2n) is 3.45. The van der Waals surface area contributed by atoms with Gasteiger partial charge in [-0.05, 0) is 32.1 Å². The van der Waals surface area contributed by atoms with Crippen molar-refractivity contribution in [1.82, 2.24) is 0 Å². The molecular formula is C8H13ClO2S. The molecule has 3 atom stereocenters. The Morgan fingerprint density at radius 1 is 1.17 bits per heavy atom. The summed E-state index contributed by atoms with van der Waals surface area (Å²) in [5.74, 6) is 0. The van der Waals surface area contributed by atoms with E-state index in [4.69, 9.17) is 20.8 Å². The van der Waals surface area contributed by atoms with Crippen molar-refractivity contribution in [2.24, 2.45) is 0 Å². The Balaban J connectivity index is 2.02. The van der Waals surface area contributed by atoms with Gasteiger partial charge in [-0.25, -0.2) is 4.89 Å². The zero-order valence-electron chi connectivity index (χ0n) is 6.87. The molecule has 3 fully saturated rings. The molecule has 0 aromatic rings. The molecule has 2 heterocycles. The van der Waals surface area contributed by atoms with Gasteiger partial charge in [0, 0.05) is 17.4 Å². The van der Waals surface area contributed by atoms with E-state index in [2.05, 4.69) is 0 Å². The molecule has 3 aliphatic rings. The van der Waals surface area contributed by atoms with Crippen molar-refractivity contribution in [2.45, 2.75) is 48.8 Å². The molecule has 3 rings (SSSR count). The Kier molecular flexibility index (Phi) is 3.18. The van der Waals surface area contributed by atoms with Gasteiger partial charge in [0.15, 0.2) is 0 Å². The summed E-state index contributed by atoms with van der Waals surface area (Å²) in [7, 11) is 0. The number of alkyl halides is 1. The molecule has 70 valence electrons. The molecule has 1 aliphatic carbocycles. The third-order valence-electron chi connectivity index (χ3n) is 2.52. The van der Waals surface area contributed by atoms with Gasteiger partial charge >= 0.3 is 0 Å². The van der Waals surface area contributed by atoms with Crippen LogP contribution < -0.4 is 0 Å². The van der Waals surface area contributed by atoms with Crippen molar-refractivity contribution >= 4 is 23.6 Å². The lowest BCUT2D eigenvalue weighted by Crippen LogP contribution is -2.28. The zero-order valence-corrected chi connectivity index (χ0v) is 8.44. The summed E-state index contributed by atoms with van der Waals surface area (Å²) < 4.78 is 5.04. The molecule has 0 aromatic heterocycles. The summed E-state index contributed by atoms with van der Waals surface area (Å²) in [5.41, 5.74) is 0. The van der Waals surface area contributed by atoms with Gasteiger partial charge in [-0.15, -0.1) is 11.6 Å². The first kappa shape index (κ1) is 9.13. The smallest absolute Gasteiger partial charge is 0.0943 e. The van der Waals surface area contributed by atoms with Crippen LogP contribution in [0.4, 0.5) is 0 Å². The van der Waals surface area contributed by atoms with Gasteiger partial charge in [0.1, 0.15) is 0 Å². The lowest BCUT2D eigenvalue weighted by Gasteiger charge is -2.30. The Bertz CT molecular complexity index is 144. The first-order chi connectivity index (χ1) is 5.86. The first-order valence-corrected chi connectivity index (χ1v) is 5.73. The average molecular weight is 209 g/mol. The SMILES string of the molecule is Cl[C@H]1CC[C@@H]2CCC[C@@H]1SOO2. The maximum absolute atomic E-state index is 6.20. The van der Waals surface area contributed by atoms with Crippen molar-refractivity contribution in [3.8, 4) is 0 Å². The zero-order chi connectivity index (χ0) is 8.39. The molecule has 0 unspecified atom stereocenters. The van der Waals surface area contributed by atoms with Crippen LogP contribution in [-0.2, 0) is 9.22 Å². The minimum Gasteiger partial charge on any atom is -0.221 e. The second-order valence-corrected chi connectivity index (χ2v) is 4.94. The minimum absolute atomic E-state index is 0.265. The Morgan fingerprint density at radius 2 is 2.08 bits per heavy atom. The average Bonchev–Trinajstić information content (AvgIpc) is 1.97. The summed E-state index contributed by atoms with van der Waals surface area (Å²) >= 11 is 7.61. The van der Waals surface area contributed by atoms with E-state index >= 15 is 0 Å². The van der Waals surface area contributed by atoms with Crippen molar-refractivity contribution in [3.63, 3.8) is 0 Å². The molecule has 2 nitrogen and oxygen atoms in total. The number of halogens is 1. The van der Waals surface area contributed by atoms with Gasteiger partial charge in [0.05, 0.1) is 11.4 Å². The number of hydrogen-bond acceptors (Lipinski definition) is 3. The fourth-order valence-electron chi connectivity index (χ4n) is 1.74. The standard InChI is InChI=1S/C8H13ClO2S/c9-7-5-4-6-2-1-3-8(7)12-11-10-6/h6-8H,1-5H2/t6-,7-,8-/m0/s1. The normalized spacial score (nSPS) is 43.2. The van der Waals surface area contributed by atoms with Gasteiger partial charge < -0.3 is 0 Å². The molecular weight excluding hydrogens is 196 g/mol. The van der Waals surface area contributed by atoms with E-state index in [1.165, 1.54) is 24.9 Å². The largest absolute Gasteiger partial charge is 0.221 e. The molecule has 4 heteroatoms. The highest BCUT2D eigenvalue weighted by molar-refractivity contribution is 7.95. The van der Waals surface area contributed by atoms with E-state index in [1.54, 1.807) is 0 Å². The Hall–Kier alpha value is 0.560. The molecule has 12 heavy (non-hydrogen) atoms. The van der Waals surface area contributed by atoms with E-state index in [9.17, 15) is 0 Å². The van der Waals surface area contributed by atoms with Gasteiger partial charge in [0.2, 0.25) is 0 Å². The molecule has 0 spiro atoms. The molecule has 0 radical (unpaired) electrons. The summed E-state index contributed by atoms with van der Waals surface area (Å²) in [6.07, 6.45) is 5.90. The van der Waals surface area contributed by atoms with Crippen LogP contribution in [0, 0.1) is 0 Å². The minimum atomic E-state index is 0.265. The maximum atomic E-state index is 6.20. The third kappa shape index (κ3) is 2.08. The van der Waals surface area contributed by atoms with Crippen LogP contribution in [0.5, 0.6) is 0 Å². The van der Waals surface area contributed by atoms with Crippen LogP contribution in [-0.4, -0.2) is 16.7 Å². The van der Waals surface area contributed by atoms with Gasteiger partial charge in [0.25, 0.3) is 0 Å². The number of rotatable bonds is 0. The summed E-state index contributed by atoms with van der Waals surface area (Å²) in [6, 6.07) is 0. The Morgan fingerprint density at radius 3 is 3.00 bits per heavy atom. The highest BCUT2D eigenvalue weighted by Crippen LogP contribution is 2.35. The van der Waals surface area contributed by atoms with Crippen LogP contribution in [0.2, 0.25) is 0 Å². The molecule has 1 saturated carbocycles. The number of fused-ring (bicyclic) bond motifs is 6. The molecule has 0 amide bonds. The second kappa shape index (κ2) is 4.18. The van der Waals surface area contributed by atoms with E-state index in [0.717, 1.165) is 19.3 Å². The monoisotopic (exact) mass is 208 g/mol. The van der Waals surface area contributed by atoms with Gasteiger partial charge in [-0.2, -0.15) is 4.33 Å². The van der Waals surface area contributed by atoms with E-state index in [-0.39, 0.29) is 11.5 Å². The summed E-state index contributed by atoms with van der Waals surface area (Å²) in [4.78, 5) is 5.21. The lowest BCUT2D eigenvalue weighted by molar-refractivity contribution is -0.239.